The summed E-state index contributed by atoms with van der Waals surface area (Å²) in [5, 5.41) is 0.144. The van der Waals surface area contributed by atoms with Gasteiger partial charge in [0.2, 0.25) is 0 Å². The maximum atomic E-state index is 14.1. The first-order valence-corrected chi connectivity index (χ1v) is 12.8. The Morgan fingerprint density at radius 2 is 1.79 bits per heavy atom. The molecule has 34 heavy (non-hydrogen) atoms. The Bertz CT molecular complexity index is 1310. The van der Waals surface area contributed by atoms with Crippen LogP contribution in [-0.4, -0.2) is 59.5 Å². The van der Waals surface area contributed by atoms with E-state index in [2.05, 4.69) is 15.0 Å². The van der Waals surface area contributed by atoms with Crippen molar-refractivity contribution < 1.29 is 9.18 Å². The van der Waals surface area contributed by atoms with Crippen LogP contribution in [0, 0.1) is 5.82 Å². The number of thioether (sulfide) groups is 1. The Labute approximate surface area is 199 Å². The molecule has 4 heterocycles. The van der Waals surface area contributed by atoms with Crippen molar-refractivity contribution in [2.24, 2.45) is 0 Å². The number of carbonyl (C=O) groups is 1. The Hall–Kier alpha value is -2.95. The summed E-state index contributed by atoms with van der Waals surface area (Å²) >= 11 is 1.84. The molecule has 1 aliphatic heterocycles. The van der Waals surface area contributed by atoms with Crippen LogP contribution in [0.15, 0.2) is 34.4 Å². The van der Waals surface area contributed by atoms with Crippen molar-refractivity contribution in [1.82, 2.24) is 29.0 Å². The molecule has 0 spiro atoms. The van der Waals surface area contributed by atoms with Gasteiger partial charge in [0.05, 0.1) is 17.9 Å². The number of rotatable bonds is 4. The molecule has 9 nitrogen and oxygen atoms in total. The summed E-state index contributed by atoms with van der Waals surface area (Å²) in [6, 6.07) is 0.821. The number of H-pyrrole nitrogens is 1. The van der Waals surface area contributed by atoms with E-state index in [4.69, 9.17) is 0 Å². The van der Waals surface area contributed by atoms with Gasteiger partial charge in [0.1, 0.15) is 17.2 Å². The van der Waals surface area contributed by atoms with Gasteiger partial charge in [-0.2, -0.15) is 11.8 Å². The van der Waals surface area contributed by atoms with E-state index in [-0.39, 0.29) is 40.8 Å². The largest absolute Gasteiger partial charge is 0.350 e. The number of fused-ring (bicyclic) bond motifs is 1. The summed E-state index contributed by atoms with van der Waals surface area (Å²) in [5.74, 6) is 1.11. The minimum Gasteiger partial charge on any atom is -0.350 e. The molecule has 1 saturated carbocycles. The minimum atomic E-state index is -0.595. The van der Waals surface area contributed by atoms with Gasteiger partial charge < -0.3 is 9.88 Å². The third kappa shape index (κ3) is 4.06. The van der Waals surface area contributed by atoms with E-state index in [1.165, 1.54) is 17.0 Å². The van der Waals surface area contributed by atoms with Gasteiger partial charge in [-0.05, 0) is 56.1 Å². The van der Waals surface area contributed by atoms with Crippen LogP contribution in [0.25, 0.3) is 11.0 Å². The van der Waals surface area contributed by atoms with E-state index in [9.17, 15) is 18.8 Å². The molecule has 2 fully saturated rings. The van der Waals surface area contributed by atoms with Gasteiger partial charge in [-0.1, -0.05) is 0 Å². The number of aromatic nitrogens is 5. The fraction of sp³-hybridized carbons (Fsp3) is 0.522. The molecule has 1 amide bonds. The van der Waals surface area contributed by atoms with Crippen molar-refractivity contribution in [3.63, 3.8) is 0 Å². The number of hydrogen-bond donors (Lipinski definition) is 1. The number of amides is 1. The van der Waals surface area contributed by atoms with Gasteiger partial charge in [-0.15, -0.1) is 0 Å². The molecule has 5 rings (SSSR count). The maximum Gasteiger partial charge on any atom is 0.333 e. The number of halogens is 1. The highest BCUT2D eigenvalue weighted by Gasteiger charge is 2.32. The molecule has 0 unspecified atom stereocenters. The number of nitrogens with zero attached hydrogens (tertiary/aromatic N) is 5. The second-order valence-corrected chi connectivity index (χ2v) is 10.3. The van der Waals surface area contributed by atoms with E-state index in [0.29, 0.717) is 31.4 Å². The van der Waals surface area contributed by atoms with Gasteiger partial charge >= 0.3 is 5.69 Å². The Balaban J connectivity index is 1.46. The number of nitrogens with one attached hydrogen (secondary N) is 1. The zero-order valence-corrected chi connectivity index (χ0v) is 19.8. The van der Waals surface area contributed by atoms with Gasteiger partial charge in [-0.3, -0.25) is 18.7 Å². The first-order valence-electron chi connectivity index (χ1n) is 11.6. The summed E-state index contributed by atoms with van der Waals surface area (Å²) in [6.45, 7) is 0. The van der Waals surface area contributed by atoms with Crippen molar-refractivity contribution in [2.75, 3.05) is 18.6 Å². The van der Waals surface area contributed by atoms with Crippen LogP contribution in [0.1, 0.15) is 61.1 Å². The standard InChI is InChI=1S/C23H27FN6O3S/c1-28(22(32)19-12-25-13-27-19)15-2-4-16(5-3-15)30-21(31)18-10-14(24)11-26-20(18)29(23(30)33)17-6-8-34-9-7-17/h10-13,15-17H,2-9H2,1H3,(H,25,27). The van der Waals surface area contributed by atoms with Crippen LogP contribution in [0.5, 0.6) is 0 Å². The summed E-state index contributed by atoms with van der Waals surface area (Å²) in [4.78, 5) is 52.4. The van der Waals surface area contributed by atoms with E-state index in [0.717, 1.165) is 30.5 Å². The normalized spacial score (nSPS) is 21.6. The van der Waals surface area contributed by atoms with Gasteiger partial charge in [-0.25, -0.2) is 19.2 Å². The van der Waals surface area contributed by atoms with Crippen LogP contribution < -0.4 is 11.2 Å². The van der Waals surface area contributed by atoms with Crippen LogP contribution >= 0.6 is 11.8 Å². The number of pyridine rings is 1. The summed E-state index contributed by atoms with van der Waals surface area (Å²) in [7, 11) is 1.76. The van der Waals surface area contributed by atoms with Gasteiger partial charge in [0, 0.05) is 31.4 Å². The highest BCUT2D eigenvalue weighted by atomic mass is 32.2. The lowest BCUT2D eigenvalue weighted by molar-refractivity contribution is 0.0670. The molecule has 11 heteroatoms. The average Bonchev–Trinajstić information content (AvgIpc) is 3.40. The lowest BCUT2D eigenvalue weighted by Crippen LogP contribution is -2.47. The molecule has 1 N–H and O–H groups in total. The van der Waals surface area contributed by atoms with Crippen LogP contribution in [0.3, 0.4) is 0 Å². The monoisotopic (exact) mass is 486 g/mol. The Kier molecular flexibility index (Phi) is 6.28. The molecule has 0 atom stereocenters. The molecular weight excluding hydrogens is 459 g/mol. The minimum absolute atomic E-state index is 0.00619. The van der Waals surface area contributed by atoms with Gasteiger partial charge in [0.25, 0.3) is 11.5 Å². The highest BCUT2D eigenvalue weighted by molar-refractivity contribution is 7.99. The lowest BCUT2D eigenvalue weighted by atomic mass is 9.90. The first-order chi connectivity index (χ1) is 16.5. The van der Waals surface area contributed by atoms with Crippen molar-refractivity contribution in [3.8, 4) is 0 Å². The molecular formula is C23H27FN6O3S. The number of imidazole rings is 1. The molecule has 0 radical (unpaired) electrons. The predicted octanol–water partition coefficient (Wildman–Crippen LogP) is 2.74. The molecule has 0 aromatic carbocycles. The zero-order chi connectivity index (χ0) is 23.8. The van der Waals surface area contributed by atoms with Crippen molar-refractivity contribution >= 4 is 28.7 Å². The quantitative estimate of drug-likeness (QED) is 0.608. The number of aromatic amines is 1. The molecule has 1 aliphatic carbocycles. The maximum absolute atomic E-state index is 14.1. The van der Waals surface area contributed by atoms with Crippen molar-refractivity contribution in [1.29, 1.82) is 0 Å². The van der Waals surface area contributed by atoms with Crippen LogP contribution in [-0.2, 0) is 0 Å². The molecule has 3 aromatic rings. The van der Waals surface area contributed by atoms with Crippen LogP contribution in [0.4, 0.5) is 4.39 Å². The molecule has 2 aliphatic rings. The smallest absolute Gasteiger partial charge is 0.333 e. The number of hydrogen-bond acceptors (Lipinski definition) is 6. The summed E-state index contributed by atoms with van der Waals surface area (Å²) < 4.78 is 17.0. The molecule has 180 valence electrons. The Morgan fingerprint density at radius 1 is 1.09 bits per heavy atom. The third-order valence-electron chi connectivity index (χ3n) is 7.10. The van der Waals surface area contributed by atoms with E-state index >= 15 is 0 Å². The molecule has 3 aromatic heterocycles. The number of carbonyl (C=O) groups excluding carboxylic acids is 1. The third-order valence-corrected chi connectivity index (χ3v) is 8.14. The second-order valence-electron chi connectivity index (χ2n) is 9.03. The van der Waals surface area contributed by atoms with E-state index in [1.807, 2.05) is 11.8 Å². The lowest BCUT2D eigenvalue weighted by Gasteiger charge is -2.35. The van der Waals surface area contributed by atoms with Gasteiger partial charge in [0.15, 0.2) is 0 Å². The first kappa shape index (κ1) is 22.8. The van der Waals surface area contributed by atoms with E-state index in [1.54, 1.807) is 22.7 Å². The zero-order valence-electron chi connectivity index (χ0n) is 18.9. The topological polar surface area (TPSA) is 106 Å². The summed E-state index contributed by atoms with van der Waals surface area (Å²) in [6.07, 6.45) is 8.19. The highest BCUT2D eigenvalue weighted by Crippen LogP contribution is 2.31. The Morgan fingerprint density at radius 3 is 2.47 bits per heavy atom. The van der Waals surface area contributed by atoms with Crippen molar-refractivity contribution in [2.45, 2.75) is 56.7 Å². The molecule has 1 saturated heterocycles. The van der Waals surface area contributed by atoms with Crippen LogP contribution in [0.2, 0.25) is 0 Å². The average molecular weight is 487 g/mol. The van der Waals surface area contributed by atoms with E-state index < -0.39 is 11.4 Å². The molecule has 0 bridgehead atoms. The fourth-order valence-electron chi connectivity index (χ4n) is 5.23. The second kappa shape index (κ2) is 9.36. The fourth-order valence-corrected chi connectivity index (χ4v) is 6.31. The predicted molar refractivity (Wildman–Crippen MR) is 128 cm³/mol. The SMILES string of the molecule is CN(C(=O)c1c[nH]cn1)C1CCC(n2c(=O)c3cc(F)cnc3n(C3CCSCC3)c2=O)CC1. The van der Waals surface area contributed by atoms with Crippen molar-refractivity contribution in [3.05, 3.63) is 57.1 Å². The summed E-state index contributed by atoms with van der Waals surface area (Å²) in [5.41, 5.74) is -0.225.